The maximum atomic E-state index is 13.5. The Kier molecular flexibility index (Phi) is 6.70. The summed E-state index contributed by atoms with van der Waals surface area (Å²) in [5, 5.41) is 0. The predicted molar refractivity (Wildman–Crippen MR) is 129 cm³/mol. The fraction of sp³-hybridized carbons (Fsp3) is 0.192. The molecule has 2 heterocycles. The number of allylic oxidation sites excluding steroid dienone is 1. The maximum Gasteiger partial charge on any atom is 0.338 e. The number of fused-ring (bicyclic) bond motifs is 1. The SMILES string of the molecule is C=CCOc1ccc(/C=c2\sc3n(c2=O)[C@@H](c2ccccc2)C(C(=O)OCC)=C(C)N=3)cc1. The van der Waals surface area contributed by atoms with Crippen molar-refractivity contribution in [3.63, 3.8) is 0 Å². The van der Waals surface area contributed by atoms with Crippen LogP contribution in [-0.2, 0) is 9.53 Å². The topological polar surface area (TPSA) is 69.9 Å². The normalized spacial score (nSPS) is 15.6. The lowest BCUT2D eigenvalue weighted by atomic mass is 9.96. The van der Waals surface area contributed by atoms with E-state index in [2.05, 4.69) is 11.6 Å². The summed E-state index contributed by atoms with van der Waals surface area (Å²) >= 11 is 1.30. The number of esters is 1. The van der Waals surface area contributed by atoms with Crippen LogP contribution < -0.4 is 19.6 Å². The van der Waals surface area contributed by atoms with Crippen LogP contribution in [0.1, 0.15) is 31.0 Å². The maximum absolute atomic E-state index is 13.5. The van der Waals surface area contributed by atoms with Gasteiger partial charge in [0, 0.05) is 0 Å². The van der Waals surface area contributed by atoms with Crippen molar-refractivity contribution in [2.24, 2.45) is 4.99 Å². The summed E-state index contributed by atoms with van der Waals surface area (Å²) < 4.78 is 12.9. The monoisotopic (exact) mass is 460 g/mol. The van der Waals surface area contributed by atoms with Gasteiger partial charge >= 0.3 is 5.97 Å². The van der Waals surface area contributed by atoms with E-state index in [1.54, 1.807) is 24.5 Å². The van der Waals surface area contributed by atoms with Gasteiger partial charge in [0.15, 0.2) is 4.80 Å². The van der Waals surface area contributed by atoms with Crippen molar-refractivity contribution in [2.45, 2.75) is 19.9 Å². The molecule has 0 amide bonds. The number of carbonyl (C=O) groups is 1. The van der Waals surface area contributed by atoms with Gasteiger partial charge in [-0.1, -0.05) is 66.5 Å². The van der Waals surface area contributed by atoms with E-state index in [9.17, 15) is 9.59 Å². The van der Waals surface area contributed by atoms with Gasteiger partial charge in [0.1, 0.15) is 12.4 Å². The lowest BCUT2D eigenvalue weighted by Crippen LogP contribution is -2.39. The summed E-state index contributed by atoms with van der Waals surface area (Å²) in [5.74, 6) is 0.268. The molecule has 0 spiro atoms. The molecule has 6 nitrogen and oxygen atoms in total. The molecule has 0 N–H and O–H groups in total. The molecule has 33 heavy (non-hydrogen) atoms. The molecule has 0 saturated heterocycles. The second kappa shape index (κ2) is 9.83. The summed E-state index contributed by atoms with van der Waals surface area (Å²) in [6.07, 6.45) is 3.51. The molecule has 1 aliphatic rings. The molecule has 0 aliphatic carbocycles. The highest BCUT2D eigenvalue weighted by Gasteiger charge is 2.33. The Bertz CT molecular complexity index is 1380. The van der Waals surface area contributed by atoms with Crippen molar-refractivity contribution < 1.29 is 14.3 Å². The average molecular weight is 461 g/mol. The van der Waals surface area contributed by atoms with Crippen LogP contribution in [0.25, 0.3) is 6.08 Å². The molecule has 2 aromatic carbocycles. The van der Waals surface area contributed by atoms with E-state index in [0.717, 1.165) is 16.9 Å². The number of nitrogens with zero attached hydrogens (tertiary/aromatic N) is 2. The molecule has 7 heteroatoms. The Morgan fingerprint density at radius 2 is 1.91 bits per heavy atom. The molecular weight excluding hydrogens is 436 g/mol. The first kappa shape index (κ1) is 22.5. The number of rotatable bonds is 7. The van der Waals surface area contributed by atoms with Crippen molar-refractivity contribution in [1.82, 2.24) is 4.57 Å². The second-order valence-electron chi connectivity index (χ2n) is 7.38. The molecule has 3 aromatic rings. The summed E-state index contributed by atoms with van der Waals surface area (Å²) in [7, 11) is 0. The van der Waals surface area contributed by atoms with Crippen LogP contribution >= 0.6 is 11.3 Å². The lowest BCUT2D eigenvalue weighted by molar-refractivity contribution is -0.139. The van der Waals surface area contributed by atoms with Gasteiger partial charge in [-0.25, -0.2) is 9.79 Å². The van der Waals surface area contributed by atoms with Crippen molar-refractivity contribution in [2.75, 3.05) is 13.2 Å². The highest BCUT2D eigenvalue weighted by atomic mass is 32.1. The van der Waals surface area contributed by atoms with E-state index in [-0.39, 0.29) is 12.2 Å². The van der Waals surface area contributed by atoms with Crippen molar-refractivity contribution >= 4 is 23.4 Å². The molecule has 0 fully saturated rings. The zero-order valence-electron chi connectivity index (χ0n) is 18.5. The Labute approximate surface area is 195 Å². The molecule has 0 radical (unpaired) electrons. The summed E-state index contributed by atoms with van der Waals surface area (Å²) in [6.45, 7) is 7.85. The fourth-order valence-electron chi connectivity index (χ4n) is 3.71. The van der Waals surface area contributed by atoms with Gasteiger partial charge in [0.2, 0.25) is 0 Å². The summed E-state index contributed by atoms with van der Waals surface area (Å²) in [6, 6.07) is 16.4. The van der Waals surface area contributed by atoms with Crippen LogP contribution in [-0.4, -0.2) is 23.8 Å². The molecule has 1 atom stereocenters. The predicted octanol–water partition coefficient (Wildman–Crippen LogP) is 3.36. The second-order valence-corrected chi connectivity index (χ2v) is 8.39. The number of thiazole rings is 1. The van der Waals surface area contributed by atoms with E-state index < -0.39 is 12.0 Å². The third-order valence-corrected chi connectivity index (χ3v) is 6.16. The number of hydrogen-bond acceptors (Lipinski definition) is 6. The molecule has 1 aromatic heterocycles. The molecule has 4 rings (SSSR count). The Morgan fingerprint density at radius 1 is 1.18 bits per heavy atom. The Morgan fingerprint density at radius 3 is 2.58 bits per heavy atom. The van der Waals surface area contributed by atoms with Crippen molar-refractivity contribution in [1.29, 1.82) is 0 Å². The number of aromatic nitrogens is 1. The molecule has 168 valence electrons. The highest BCUT2D eigenvalue weighted by molar-refractivity contribution is 7.07. The molecule has 0 bridgehead atoms. The standard InChI is InChI=1S/C26H24N2O4S/c1-4-15-32-20-13-11-18(12-14-20)16-21-24(29)28-23(19-9-7-6-8-10-19)22(25(30)31-5-2)17(3)27-26(28)33-21/h4,6-14,16,23H,1,5,15H2,2-3H3/b21-16-/t23-/m0/s1. The fourth-order valence-corrected chi connectivity index (χ4v) is 4.76. The van der Waals surface area contributed by atoms with Gasteiger partial charge in [0.25, 0.3) is 5.56 Å². The zero-order valence-corrected chi connectivity index (χ0v) is 19.3. The third-order valence-electron chi connectivity index (χ3n) is 5.18. The van der Waals surface area contributed by atoms with Gasteiger partial charge in [-0.2, -0.15) is 0 Å². The van der Waals surface area contributed by atoms with Crippen LogP contribution in [0.3, 0.4) is 0 Å². The first-order chi connectivity index (χ1) is 16.0. The summed E-state index contributed by atoms with van der Waals surface area (Å²) in [5.41, 5.74) is 2.42. The van der Waals surface area contributed by atoms with Gasteiger partial charge in [0.05, 0.1) is 28.5 Å². The number of carbonyl (C=O) groups excluding carboxylic acids is 1. The van der Waals surface area contributed by atoms with E-state index >= 15 is 0 Å². The Balaban J connectivity index is 1.83. The van der Waals surface area contributed by atoms with E-state index in [4.69, 9.17) is 9.47 Å². The highest BCUT2D eigenvalue weighted by Crippen LogP contribution is 2.30. The van der Waals surface area contributed by atoms with Gasteiger partial charge in [-0.05, 0) is 43.2 Å². The average Bonchev–Trinajstić information content (AvgIpc) is 3.12. The smallest absolute Gasteiger partial charge is 0.338 e. The van der Waals surface area contributed by atoms with Crippen LogP contribution in [0.15, 0.2) is 88.3 Å². The largest absolute Gasteiger partial charge is 0.490 e. The van der Waals surface area contributed by atoms with Crippen LogP contribution in [0, 0.1) is 0 Å². The minimum atomic E-state index is -0.599. The van der Waals surface area contributed by atoms with Crippen LogP contribution in [0.2, 0.25) is 0 Å². The third kappa shape index (κ3) is 4.59. The quantitative estimate of drug-likeness (QED) is 0.401. The van der Waals surface area contributed by atoms with Gasteiger partial charge < -0.3 is 9.47 Å². The molecule has 0 saturated carbocycles. The number of benzene rings is 2. The van der Waals surface area contributed by atoms with E-state index in [0.29, 0.717) is 27.2 Å². The molecular formula is C26H24N2O4S. The van der Waals surface area contributed by atoms with Crippen LogP contribution in [0.4, 0.5) is 0 Å². The van der Waals surface area contributed by atoms with Gasteiger partial charge in [-0.3, -0.25) is 9.36 Å². The molecule has 0 unspecified atom stereocenters. The van der Waals surface area contributed by atoms with Crippen molar-refractivity contribution in [3.8, 4) is 5.75 Å². The summed E-state index contributed by atoms with van der Waals surface area (Å²) in [4.78, 5) is 31.5. The first-order valence-electron chi connectivity index (χ1n) is 10.6. The first-order valence-corrected chi connectivity index (χ1v) is 11.4. The van der Waals surface area contributed by atoms with Crippen molar-refractivity contribution in [3.05, 3.63) is 109 Å². The number of ether oxygens (including phenoxy) is 2. The van der Waals surface area contributed by atoms with Gasteiger partial charge in [-0.15, -0.1) is 0 Å². The minimum Gasteiger partial charge on any atom is -0.490 e. The van der Waals surface area contributed by atoms with Crippen LogP contribution in [0.5, 0.6) is 5.75 Å². The minimum absolute atomic E-state index is 0.200. The lowest BCUT2D eigenvalue weighted by Gasteiger charge is -2.24. The zero-order chi connectivity index (χ0) is 23.4. The molecule has 1 aliphatic heterocycles. The Hall–Kier alpha value is -3.71. The number of hydrogen-bond donors (Lipinski definition) is 0. The van der Waals surface area contributed by atoms with E-state index in [1.165, 1.54) is 11.3 Å². The van der Waals surface area contributed by atoms with E-state index in [1.807, 2.05) is 60.7 Å².